The number of methoxy groups -OCH3 is 1. The van der Waals surface area contributed by atoms with Gasteiger partial charge in [0.2, 0.25) is 0 Å². The predicted molar refractivity (Wildman–Crippen MR) is 57.0 cm³/mol. The fraction of sp³-hybridized carbons (Fsp3) is 1.00. The molecular weight excluding hydrogens is 166 g/mol. The average molecular weight is 191 g/mol. The monoisotopic (exact) mass is 191 g/mol. The van der Waals surface area contributed by atoms with Crippen LogP contribution in [0.2, 0.25) is 0 Å². The zero-order valence-electron chi connectivity index (χ0n) is 9.55. The third-order valence-corrected chi connectivity index (χ3v) is 1.69. The van der Waals surface area contributed by atoms with Crippen LogP contribution < -0.4 is 0 Å². The van der Waals surface area contributed by atoms with Crippen molar-refractivity contribution < 1.29 is 9.84 Å². The van der Waals surface area contributed by atoms with E-state index in [0.717, 1.165) is 32.7 Å². The summed E-state index contributed by atoms with van der Waals surface area (Å²) in [7, 11) is 1.71. The molecule has 0 saturated heterocycles. The maximum Gasteiger partial charge on any atom is 0.0589 e. The van der Waals surface area contributed by atoms with Crippen LogP contribution in [0.3, 0.4) is 0 Å². The first kappa shape index (κ1) is 15.4. The van der Waals surface area contributed by atoms with Crippen LogP contribution in [0.1, 0.15) is 27.2 Å². The van der Waals surface area contributed by atoms with E-state index in [1.165, 1.54) is 0 Å². The van der Waals surface area contributed by atoms with Gasteiger partial charge in [0.05, 0.1) is 6.61 Å². The summed E-state index contributed by atoms with van der Waals surface area (Å²) in [4.78, 5) is 2.26. The molecule has 0 unspecified atom stereocenters. The quantitative estimate of drug-likeness (QED) is 0.659. The van der Waals surface area contributed by atoms with Gasteiger partial charge in [0.25, 0.3) is 0 Å². The summed E-state index contributed by atoms with van der Waals surface area (Å²) >= 11 is 0. The van der Waals surface area contributed by atoms with E-state index in [-0.39, 0.29) is 6.61 Å². The molecule has 82 valence electrons. The summed E-state index contributed by atoms with van der Waals surface area (Å²) in [5.74, 6) is 0. The third kappa shape index (κ3) is 11.9. The van der Waals surface area contributed by atoms with Crippen molar-refractivity contribution in [2.45, 2.75) is 27.2 Å². The van der Waals surface area contributed by atoms with Gasteiger partial charge in [-0.1, -0.05) is 20.8 Å². The molecule has 0 spiro atoms. The van der Waals surface area contributed by atoms with Crippen LogP contribution in [0, 0.1) is 0 Å². The summed E-state index contributed by atoms with van der Waals surface area (Å²) in [5.41, 5.74) is 0. The number of hydrogen-bond donors (Lipinski definition) is 1. The Morgan fingerprint density at radius 2 is 1.85 bits per heavy atom. The minimum atomic E-state index is 0.281. The summed E-state index contributed by atoms with van der Waals surface area (Å²) in [6.45, 7) is 10.1. The lowest BCUT2D eigenvalue weighted by Gasteiger charge is -2.18. The molecule has 0 radical (unpaired) electrons. The highest BCUT2D eigenvalue weighted by Crippen LogP contribution is 1.89. The van der Waals surface area contributed by atoms with Gasteiger partial charge in [0.1, 0.15) is 0 Å². The van der Waals surface area contributed by atoms with Crippen LogP contribution in [0.5, 0.6) is 0 Å². The minimum Gasteiger partial charge on any atom is -0.396 e. The van der Waals surface area contributed by atoms with Gasteiger partial charge in [0, 0.05) is 26.8 Å². The van der Waals surface area contributed by atoms with Crippen LogP contribution in [0.4, 0.5) is 0 Å². The van der Waals surface area contributed by atoms with Crippen LogP contribution >= 0.6 is 0 Å². The fourth-order valence-corrected chi connectivity index (χ4v) is 0.943. The van der Waals surface area contributed by atoms with Crippen LogP contribution in [-0.2, 0) is 4.74 Å². The van der Waals surface area contributed by atoms with E-state index in [1.54, 1.807) is 7.11 Å². The zero-order chi connectivity index (χ0) is 10.5. The molecule has 0 amide bonds. The van der Waals surface area contributed by atoms with Crippen molar-refractivity contribution in [3.05, 3.63) is 0 Å². The molecule has 0 rings (SSSR count). The Morgan fingerprint density at radius 1 is 1.23 bits per heavy atom. The van der Waals surface area contributed by atoms with Crippen molar-refractivity contribution >= 4 is 0 Å². The first-order valence-corrected chi connectivity index (χ1v) is 5.17. The van der Waals surface area contributed by atoms with Crippen molar-refractivity contribution in [3.63, 3.8) is 0 Å². The standard InChI is InChI=1S/C8H19NO2.C2H6/c1-3-9(5-4-7-10)6-8-11-2;1-2/h10H,3-8H2,1-2H3;1-2H3. The van der Waals surface area contributed by atoms with Crippen molar-refractivity contribution in [2.75, 3.05) is 40.0 Å². The fourth-order valence-electron chi connectivity index (χ4n) is 0.943. The van der Waals surface area contributed by atoms with Gasteiger partial charge in [-0.05, 0) is 13.0 Å². The second-order valence-electron chi connectivity index (χ2n) is 2.50. The van der Waals surface area contributed by atoms with Gasteiger partial charge in [-0.25, -0.2) is 0 Å². The highest BCUT2D eigenvalue weighted by atomic mass is 16.5. The summed E-state index contributed by atoms with van der Waals surface area (Å²) in [6.07, 6.45) is 0.859. The van der Waals surface area contributed by atoms with Crippen molar-refractivity contribution in [2.24, 2.45) is 0 Å². The molecule has 0 atom stereocenters. The Kier molecular flexibility index (Phi) is 17.0. The maximum atomic E-state index is 8.58. The number of aliphatic hydroxyl groups is 1. The second-order valence-corrected chi connectivity index (χ2v) is 2.50. The molecule has 3 nitrogen and oxygen atoms in total. The Morgan fingerprint density at radius 3 is 2.23 bits per heavy atom. The van der Waals surface area contributed by atoms with E-state index in [1.807, 2.05) is 13.8 Å². The minimum absolute atomic E-state index is 0.281. The van der Waals surface area contributed by atoms with Crippen molar-refractivity contribution in [1.82, 2.24) is 4.90 Å². The molecule has 0 aliphatic rings. The van der Waals surface area contributed by atoms with E-state index in [9.17, 15) is 0 Å². The topological polar surface area (TPSA) is 32.7 Å². The maximum absolute atomic E-state index is 8.58. The summed E-state index contributed by atoms with van der Waals surface area (Å²) in [6, 6.07) is 0. The number of ether oxygens (including phenoxy) is 1. The lowest BCUT2D eigenvalue weighted by molar-refractivity contribution is 0.144. The number of nitrogens with zero attached hydrogens (tertiary/aromatic N) is 1. The molecule has 0 saturated carbocycles. The van der Waals surface area contributed by atoms with Gasteiger partial charge < -0.3 is 14.7 Å². The molecule has 0 aliphatic carbocycles. The van der Waals surface area contributed by atoms with Gasteiger partial charge in [0.15, 0.2) is 0 Å². The molecule has 13 heavy (non-hydrogen) atoms. The van der Waals surface area contributed by atoms with Crippen molar-refractivity contribution in [1.29, 1.82) is 0 Å². The Bertz CT molecular complexity index is 71.3. The van der Waals surface area contributed by atoms with E-state index in [4.69, 9.17) is 9.84 Å². The molecule has 0 aliphatic heterocycles. The highest BCUT2D eigenvalue weighted by Gasteiger charge is 1.99. The Hall–Kier alpha value is -0.120. The molecule has 0 bridgehead atoms. The van der Waals surface area contributed by atoms with Gasteiger partial charge >= 0.3 is 0 Å². The molecule has 1 N–H and O–H groups in total. The first-order chi connectivity index (χ1) is 6.35. The van der Waals surface area contributed by atoms with Crippen LogP contribution in [0.15, 0.2) is 0 Å². The molecule has 3 heteroatoms. The summed E-state index contributed by atoms with van der Waals surface area (Å²) in [5, 5.41) is 8.58. The smallest absolute Gasteiger partial charge is 0.0589 e. The Labute approximate surface area is 82.7 Å². The van der Waals surface area contributed by atoms with Gasteiger partial charge in [-0.3, -0.25) is 0 Å². The van der Waals surface area contributed by atoms with E-state index in [0.29, 0.717) is 0 Å². The molecular formula is C10H25NO2. The normalized spacial score (nSPS) is 9.69. The second kappa shape index (κ2) is 14.4. The molecule has 0 heterocycles. The Balaban J connectivity index is 0. The van der Waals surface area contributed by atoms with Gasteiger partial charge in [-0.15, -0.1) is 0 Å². The predicted octanol–water partition coefficient (Wildman–Crippen LogP) is 1.36. The van der Waals surface area contributed by atoms with E-state index >= 15 is 0 Å². The molecule has 0 aromatic heterocycles. The number of rotatable bonds is 7. The third-order valence-electron chi connectivity index (χ3n) is 1.69. The summed E-state index contributed by atoms with van der Waals surface area (Å²) < 4.78 is 4.95. The van der Waals surface area contributed by atoms with Crippen LogP contribution in [-0.4, -0.2) is 50.0 Å². The first-order valence-electron chi connectivity index (χ1n) is 5.17. The van der Waals surface area contributed by atoms with E-state index in [2.05, 4.69) is 11.8 Å². The number of aliphatic hydroxyl groups excluding tert-OH is 1. The number of likely N-dealkylation sites (N-methyl/N-ethyl adjacent to an activating group) is 1. The largest absolute Gasteiger partial charge is 0.396 e. The lowest BCUT2D eigenvalue weighted by atomic mass is 10.4. The molecule has 0 fully saturated rings. The molecule has 0 aromatic rings. The molecule has 0 aromatic carbocycles. The number of hydrogen-bond acceptors (Lipinski definition) is 3. The lowest BCUT2D eigenvalue weighted by Crippen LogP contribution is -2.28. The van der Waals surface area contributed by atoms with Crippen molar-refractivity contribution in [3.8, 4) is 0 Å². The van der Waals surface area contributed by atoms with Gasteiger partial charge in [-0.2, -0.15) is 0 Å². The zero-order valence-corrected chi connectivity index (χ0v) is 9.55. The highest BCUT2D eigenvalue weighted by molar-refractivity contribution is 4.53. The SMILES string of the molecule is CC.CCN(CCCO)CCOC. The van der Waals surface area contributed by atoms with Crippen LogP contribution in [0.25, 0.3) is 0 Å². The van der Waals surface area contributed by atoms with E-state index < -0.39 is 0 Å². The average Bonchev–Trinajstić information content (AvgIpc) is 2.21.